The number of nitrogens with zero attached hydrogens (tertiary/aromatic N) is 7. The summed E-state index contributed by atoms with van der Waals surface area (Å²) in [5, 5.41) is 12.6. The maximum absolute atomic E-state index is 13.0. The zero-order chi connectivity index (χ0) is 26.7. The number of hydrogen-bond acceptors (Lipinski definition) is 9. The van der Waals surface area contributed by atoms with Crippen molar-refractivity contribution in [3.8, 4) is 22.4 Å². The molecule has 11 nitrogen and oxygen atoms in total. The number of hydrogen-bond donors (Lipinski definition) is 2. The SMILES string of the molecule is CS(=O)(=O)c1c([C@@H]2C[C@H]3CC[C@@H](C2)N3c2nnc[nH]2)nc2c(-c3ccc(-c4ccccc4)nc3)cnn2c1N. The van der Waals surface area contributed by atoms with E-state index in [4.69, 9.17) is 10.7 Å². The van der Waals surface area contributed by atoms with Gasteiger partial charge in [0.25, 0.3) is 0 Å². The second kappa shape index (κ2) is 8.87. The maximum atomic E-state index is 13.0. The molecule has 5 aromatic rings. The van der Waals surface area contributed by atoms with Crippen molar-refractivity contribution in [1.82, 2.24) is 34.8 Å². The van der Waals surface area contributed by atoms with Gasteiger partial charge in [-0.2, -0.15) is 9.61 Å². The molecule has 0 amide bonds. The smallest absolute Gasteiger partial charge is 0.224 e. The lowest BCUT2D eigenvalue weighted by atomic mass is 9.88. The zero-order valence-electron chi connectivity index (χ0n) is 21.3. The average Bonchev–Trinajstić information content (AvgIpc) is 3.66. The van der Waals surface area contributed by atoms with Crippen LogP contribution in [0.15, 0.2) is 66.1 Å². The van der Waals surface area contributed by atoms with E-state index in [-0.39, 0.29) is 28.7 Å². The summed E-state index contributed by atoms with van der Waals surface area (Å²) in [5.41, 5.74) is 11.0. The van der Waals surface area contributed by atoms with Crippen LogP contribution in [0.25, 0.3) is 28.0 Å². The van der Waals surface area contributed by atoms with Crippen LogP contribution < -0.4 is 10.6 Å². The third-order valence-electron chi connectivity index (χ3n) is 7.95. The van der Waals surface area contributed by atoms with Crippen LogP contribution in [0.5, 0.6) is 0 Å². The molecule has 0 unspecified atom stereocenters. The largest absolute Gasteiger partial charge is 0.382 e. The van der Waals surface area contributed by atoms with Crippen molar-refractivity contribution >= 4 is 27.3 Å². The van der Waals surface area contributed by atoms with E-state index in [0.29, 0.717) is 11.3 Å². The van der Waals surface area contributed by atoms with Crippen molar-refractivity contribution in [2.24, 2.45) is 0 Å². The van der Waals surface area contributed by atoms with Gasteiger partial charge < -0.3 is 15.6 Å². The number of nitrogens with one attached hydrogen (secondary N) is 1. The van der Waals surface area contributed by atoms with E-state index >= 15 is 0 Å². The molecule has 4 aromatic heterocycles. The van der Waals surface area contributed by atoms with Crippen molar-refractivity contribution < 1.29 is 8.42 Å². The number of anilines is 2. The predicted octanol–water partition coefficient (Wildman–Crippen LogP) is 3.48. The molecule has 2 saturated heterocycles. The minimum Gasteiger partial charge on any atom is -0.382 e. The fraction of sp³-hybridized carbons (Fsp3) is 0.296. The molecular weight excluding hydrogens is 514 g/mol. The molecule has 1 aromatic carbocycles. The molecule has 3 atom stereocenters. The summed E-state index contributed by atoms with van der Waals surface area (Å²) in [6.07, 6.45) is 9.74. The van der Waals surface area contributed by atoms with Gasteiger partial charge >= 0.3 is 0 Å². The predicted molar refractivity (Wildman–Crippen MR) is 147 cm³/mol. The summed E-state index contributed by atoms with van der Waals surface area (Å²) in [6, 6.07) is 14.3. The van der Waals surface area contributed by atoms with Crippen LogP contribution in [0.1, 0.15) is 37.3 Å². The van der Waals surface area contributed by atoms with E-state index in [1.165, 1.54) is 10.8 Å². The lowest BCUT2D eigenvalue weighted by Crippen LogP contribution is -2.43. The van der Waals surface area contributed by atoms with Crippen molar-refractivity contribution in [1.29, 1.82) is 0 Å². The molecule has 2 fully saturated rings. The number of nitrogens with two attached hydrogens (primary N) is 1. The summed E-state index contributed by atoms with van der Waals surface area (Å²) in [4.78, 5) is 15.1. The molecule has 6 heterocycles. The van der Waals surface area contributed by atoms with Crippen LogP contribution in [0.2, 0.25) is 0 Å². The molecule has 0 spiro atoms. The molecule has 0 radical (unpaired) electrons. The highest BCUT2D eigenvalue weighted by Crippen LogP contribution is 2.46. The molecular formula is C27H27N9O2S. The second-order valence-electron chi connectivity index (χ2n) is 10.3. The highest BCUT2D eigenvalue weighted by Gasteiger charge is 2.44. The topological polar surface area (TPSA) is 148 Å². The first-order chi connectivity index (χ1) is 18.9. The summed E-state index contributed by atoms with van der Waals surface area (Å²) in [5.74, 6) is 0.777. The van der Waals surface area contributed by atoms with Gasteiger partial charge in [0.2, 0.25) is 5.95 Å². The number of sulfone groups is 1. The number of nitrogen functional groups attached to an aromatic ring is 1. The molecule has 12 heteroatoms. The molecule has 2 aliphatic heterocycles. The Kier molecular flexibility index (Phi) is 5.41. The van der Waals surface area contributed by atoms with E-state index < -0.39 is 9.84 Å². The van der Waals surface area contributed by atoms with Crippen molar-refractivity contribution in [2.45, 2.75) is 48.6 Å². The first-order valence-electron chi connectivity index (χ1n) is 12.9. The average molecular weight is 542 g/mol. The number of fused-ring (bicyclic) bond motifs is 3. The number of aromatic nitrogens is 7. The molecule has 198 valence electrons. The van der Waals surface area contributed by atoms with Crippen molar-refractivity contribution in [2.75, 3.05) is 16.9 Å². The summed E-state index contributed by atoms with van der Waals surface area (Å²) >= 11 is 0. The van der Waals surface area contributed by atoms with Gasteiger partial charge in [-0.05, 0) is 31.7 Å². The Morgan fingerprint density at radius 3 is 2.41 bits per heavy atom. The van der Waals surface area contributed by atoms with E-state index in [0.717, 1.165) is 54.0 Å². The number of piperidine rings is 1. The van der Waals surface area contributed by atoms with E-state index in [1.807, 2.05) is 42.5 Å². The van der Waals surface area contributed by atoms with E-state index in [9.17, 15) is 8.42 Å². The standard InChI is InChI=1S/C27H27N9O2S/c1-39(37,38)24-23(18-11-19-8-9-20(12-18)35(19)27-30-15-31-34-27)33-26-21(14-32-36(26)25(24)28)17-7-10-22(29-13-17)16-5-3-2-4-6-16/h2-7,10,13-15,18-20H,8-9,11-12,28H2,1H3,(H,30,31,34)/t18-,19-,20+. The lowest BCUT2D eigenvalue weighted by Gasteiger charge is -2.38. The Morgan fingerprint density at radius 1 is 1.00 bits per heavy atom. The van der Waals surface area contributed by atoms with E-state index in [1.54, 1.807) is 18.7 Å². The number of rotatable bonds is 5. The minimum absolute atomic E-state index is 0.0692. The summed E-state index contributed by atoms with van der Waals surface area (Å²) in [7, 11) is -3.67. The number of aromatic amines is 1. The van der Waals surface area contributed by atoms with E-state index in [2.05, 4.69) is 30.2 Å². The van der Waals surface area contributed by atoms with Gasteiger partial charge in [0.1, 0.15) is 17.0 Å². The van der Waals surface area contributed by atoms with Gasteiger partial charge in [-0.25, -0.2) is 13.4 Å². The van der Waals surface area contributed by atoms with Crippen molar-refractivity contribution in [3.63, 3.8) is 0 Å². The van der Waals surface area contributed by atoms with Crippen LogP contribution in [0.4, 0.5) is 11.8 Å². The van der Waals surface area contributed by atoms with Crippen LogP contribution in [0, 0.1) is 0 Å². The summed E-state index contributed by atoms with van der Waals surface area (Å²) < 4.78 is 27.5. The number of H-pyrrole nitrogens is 1. The second-order valence-corrected chi connectivity index (χ2v) is 12.3. The van der Waals surface area contributed by atoms with Gasteiger partial charge in [-0.15, -0.1) is 10.2 Å². The maximum Gasteiger partial charge on any atom is 0.224 e. The normalized spacial score (nSPS) is 21.1. The number of pyridine rings is 1. The Balaban J connectivity index is 1.31. The minimum atomic E-state index is -3.67. The van der Waals surface area contributed by atoms with Gasteiger partial charge in [0.05, 0.1) is 17.6 Å². The molecule has 0 saturated carbocycles. The fourth-order valence-corrected chi connectivity index (χ4v) is 7.34. The van der Waals surface area contributed by atoms with Crippen LogP contribution >= 0.6 is 0 Å². The Labute approximate surface area is 225 Å². The highest BCUT2D eigenvalue weighted by atomic mass is 32.2. The van der Waals surface area contributed by atoms with Crippen LogP contribution in [0.3, 0.4) is 0 Å². The quantitative estimate of drug-likeness (QED) is 0.341. The zero-order valence-corrected chi connectivity index (χ0v) is 22.1. The van der Waals surface area contributed by atoms with Crippen LogP contribution in [-0.4, -0.2) is 61.5 Å². The fourth-order valence-electron chi connectivity index (χ4n) is 6.28. The molecule has 2 aliphatic rings. The lowest BCUT2D eigenvalue weighted by molar-refractivity contribution is 0.400. The Morgan fingerprint density at radius 2 is 1.77 bits per heavy atom. The molecule has 2 bridgehead atoms. The first-order valence-corrected chi connectivity index (χ1v) is 14.8. The van der Waals surface area contributed by atoms with Gasteiger partial charge in [-0.3, -0.25) is 4.98 Å². The van der Waals surface area contributed by atoms with Crippen molar-refractivity contribution in [3.05, 3.63) is 66.9 Å². The molecule has 0 aliphatic carbocycles. The molecule has 39 heavy (non-hydrogen) atoms. The third-order valence-corrected chi connectivity index (χ3v) is 9.11. The monoisotopic (exact) mass is 541 g/mol. The molecule has 7 rings (SSSR count). The van der Waals surface area contributed by atoms with Crippen LogP contribution in [-0.2, 0) is 9.84 Å². The Hall–Kier alpha value is -4.32. The first kappa shape index (κ1) is 23.8. The third kappa shape index (κ3) is 3.94. The number of benzene rings is 1. The Bertz CT molecular complexity index is 1750. The van der Waals surface area contributed by atoms with Gasteiger partial charge in [-0.1, -0.05) is 36.4 Å². The van der Waals surface area contributed by atoms with Gasteiger partial charge in [0.15, 0.2) is 15.5 Å². The highest BCUT2D eigenvalue weighted by molar-refractivity contribution is 7.91. The van der Waals surface area contributed by atoms with Gasteiger partial charge in [0, 0.05) is 47.1 Å². The molecule has 3 N–H and O–H groups in total. The summed E-state index contributed by atoms with van der Waals surface area (Å²) in [6.45, 7) is 0.